The van der Waals surface area contributed by atoms with Crippen molar-refractivity contribution in [3.05, 3.63) is 0 Å². The second kappa shape index (κ2) is 10.3. The van der Waals surface area contributed by atoms with Crippen molar-refractivity contribution in [3.8, 4) is 0 Å². The lowest BCUT2D eigenvalue weighted by Crippen LogP contribution is -2.55. The molecule has 1 heterocycles. The Hall–Kier alpha value is -0.950. The van der Waals surface area contributed by atoms with Crippen molar-refractivity contribution in [1.29, 1.82) is 0 Å². The lowest BCUT2D eigenvalue weighted by molar-refractivity contribution is -0.0262. The van der Waals surface area contributed by atoms with Crippen molar-refractivity contribution < 1.29 is 23.0 Å². The summed E-state index contributed by atoms with van der Waals surface area (Å²) < 4.78 is 39.6. The number of carbonyl (C=O) groups excluding carboxylic acids is 1. The second-order valence-corrected chi connectivity index (χ2v) is 6.75. The topological polar surface area (TPSA) is 42.0 Å². The summed E-state index contributed by atoms with van der Waals surface area (Å²) >= 11 is 0. The molecule has 0 aromatic carbocycles. The summed E-state index contributed by atoms with van der Waals surface area (Å²) in [6.07, 6.45) is 1.11. The van der Waals surface area contributed by atoms with E-state index in [1.807, 2.05) is 20.8 Å². The van der Waals surface area contributed by atoms with Crippen molar-refractivity contribution in [1.82, 2.24) is 9.80 Å². The number of alkyl halides is 2. The number of amides is 2. The van der Waals surface area contributed by atoms with Gasteiger partial charge >= 0.3 is 6.03 Å². The van der Waals surface area contributed by atoms with Gasteiger partial charge < -0.3 is 9.47 Å². The van der Waals surface area contributed by atoms with Gasteiger partial charge in [-0.1, -0.05) is 40.0 Å². The molecule has 1 aliphatic rings. The molecule has 0 bridgehead atoms. The predicted octanol–water partition coefficient (Wildman–Crippen LogP) is 4.12. The number of hydrogen-bond donors (Lipinski definition) is 0. The first-order chi connectivity index (χ1) is 11.9. The quantitative estimate of drug-likeness (QED) is 0.489. The summed E-state index contributed by atoms with van der Waals surface area (Å²) in [4.78, 5) is 15.5. The van der Waals surface area contributed by atoms with Gasteiger partial charge in [0, 0.05) is 14.2 Å². The van der Waals surface area contributed by atoms with Crippen molar-refractivity contribution in [3.63, 3.8) is 0 Å². The smallest absolute Gasteiger partial charge is 0.325 e. The third-order valence-corrected chi connectivity index (χ3v) is 4.98. The van der Waals surface area contributed by atoms with E-state index < -0.39 is 24.2 Å². The summed E-state index contributed by atoms with van der Waals surface area (Å²) in [5, 5.41) is 0. The minimum Gasteiger partial charge on any atom is -0.380 e. The number of carbonyl (C=O) groups is 1. The molecule has 2 amide bonds. The summed E-state index contributed by atoms with van der Waals surface area (Å²) in [6.45, 7) is 5.60. The van der Waals surface area contributed by atoms with Crippen LogP contribution in [0.15, 0.2) is 0 Å². The van der Waals surface area contributed by atoms with E-state index in [0.29, 0.717) is 19.3 Å². The van der Waals surface area contributed by atoms with Gasteiger partial charge in [0.2, 0.25) is 0 Å². The van der Waals surface area contributed by atoms with Crippen LogP contribution in [0, 0.1) is 0 Å². The predicted molar refractivity (Wildman–Crippen MR) is 93.9 cm³/mol. The van der Waals surface area contributed by atoms with E-state index in [1.54, 1.807) is 0 Å². The zero-order valence-corrected chi connectivity index (χ0v) is 16.3. The van der Waals surface area contributed by atoms with Crippen molar-refractivity contribution in [2.24, 2.45) is 0 Å². The fourth-order valence-electron chi connectivity index (χ4n) is 4.26. The van der Waals surface area contributed by atoms with Gasteiger partial charge in [0.1, 0.15) is 0 Å². The molecule has 5 nitrogen and oxygen atoms in total. The highest BCUT2D eigenvalue weighted by atomic mass is 19.1. The Kier molecular flexibility index (Phi) is 9.07. The molecule has 0 aromatic rings. The van der Waals surface area contributed by atoms with Crippen LogP contribution >= 0.6 is 0 Å². The van der Waals surface area contributed by atoms with Crippen molar-refractivity contribution in [2.75, 3.05) is 27.4 Å². The Labute approximate surface area is 150 Å². The van der Waals surface area contributed by atoms with Gasteiger partial charge in [-0.05, 0) is 19.3 Å². The van der Waals surface area contributed by atoms with E-state index in [4.69, 9.17) is 9.47 Å². The lowest BCUT2D eigenvalue weighted by Gasteiger charge is -2.43. The fourth-order valence-corrected chi connectivity index (χ4v) is 4.26. The van der Waals surface area contributed by atoms with Crippen molar-refractivity contribution >= 4 is 6.03 Å². The molecule has 0 radical (unpaired) electrons. The number of hydrogen-bond acceptors (Lipinski definition) is 3. The summed E-state index contributed by atoms with van der Waals surface area (Å²) in [5.74, 6) is 0. The molecule has 0 N–H and O–H groups in total. The molecule has 1 fully saturated rings. The van der Waals surface area contributed by atoms with Crippen LogP contribution in [0.2, 0.25) is 0 Å². The van der Waals surface area contributed by atoms with Gasteiger partial charge in [-0.25, -0.2) is 13.6 Å². The van der Waals surface area contributed by atoms with Gasteiger partial charge in [0.25, 0.3) is 0 Å². The monoisotopic (exact) mass is 364 g/mol. The summed E-state index contributed by atoms with van der Waals surface area (Å²) in [6, 6.07) is -0.959. The minimum atomic E-state index is -1.59. The number of halogens is 2. The number of nitrogens with zero attached hydrogens (tertiary/aromatic N) is 2. The molecule has 3 atom stereocenters. The summed E-state index contributed by atoms with van der Waals surface area (Å²) in [5.41, 5.74) is -0.716. The Morgan fingerprint density at radius 2 is 1.52 bits per heavy atom. The Bertz CT molecular complexity index is 406. The summed E-state index contributed by atoms with van der Waals surface area (Å²) in [7, 11) is 2.80. The van der Waals surface area contributed by atoms with Crippen LogP contribution < -0.4 is 0 Å². The van der Waals surface area contributed by atoms with Crippen LogP contribution in [0.1, 0.15) is 59.3 Å². The maximum Gasteiger partial charge on any atom is 0.325 e. The molecule has 1 rings (SSSR count). The molecule has 0 spiro atoms. The van der Waals surface area contributed by atoms with Crippen LogP contribution in [0.3, 0.4) is 0 Å². The van der Waals surface area contributed by atoms with Gasteiger partial charge in [0.05, 0.1) is 24.8 Å². The third kappa shape index (κ3) is 4.42. The standard InChI is InChI=1S/C18H34F2N2O3/c1-6-9-14-18(10-7-2,11-8-3)22(16(20)13-25-5)17(23)21(14)15(19)12-24-4/h14-16H,6-13H2,1-5H3. The molecule has 0 aromatic heterocycles. The Morgan fingerprint density at radius 1 is 1.00 bits per heavy atom. The van der Waals surface area contributed by atoms with E-state index in [1.165, 1.54) is 24.0 Å². The van der Waals surface area contributed by atoms with Gasteiger partial charge in [-0.3, -0.25) is 9.80 Å². The first kappa shape index (κ1) is 22.1. The third-order valence-electron chi connectivity index (χ3n) is 4.98. The highest BCUT2D eigenvalue weighted by Crippen LogP contribution is 2.45. The van der Waals surface area contributed by atoms with Gasteiger partial charge in [0.15, 0.2) is 12.6 Å². The van der Waals surface area contributed by atoms with E-state index in [0.717, 1.165) is 19.3 Å². The highest BCUT2D eigenvalue weighted by Gasteiger charge is 2.59. The fraction of sp³-hybridized carbons (Fsp3) is 0.944. The van der Waals surface area contributed by atoms with Crippen LogP contribution in [0.25, 0.3) is 0 Å². The zero-order valence-electron chi connectivity index (χ0n) is 16.3. The molecule has 25 heavy (non-hydrogen) atoms. The van der Waals surface area contributed by atoms with Gasteiger partial charge in [-0.2, -0.15) is 0 Å². The molecule has 1 saturated heterocycles. The molecule has 0 saturated carbocycles. The SMILES string of the molecule is CCCC1N(C(F)COC)C(=O)N(C(F)COC)C1(CCC)CCC. The number of urea groups is 1. The normalized spacial score (nSPS) is 22.5. The number of rotatable bonds is 12. The van der Waals surface area contributed by atoms with E-state index in [2.05, 4.69) is 0 Å². The molecule has 3 unspecified atom stereocenters. The van der Waals surface area contributed by atoms with Crippen LogP contribution in [0.5, 0.6) is 0 Å². The van der Waals surface area contributed by atoms with Crippen LogP contribution in [0.4, 0.5) is 13.6 Å². The molecule has 0 aliphatic carbocycles. The van der Waals surface area contributed by atoms with Gasteiger partial charge in [-0.15, -0.1) is 0 Å². The average Bonchev–Trinajstić information content (AvgIpc) is 2.77. The van der Waals surface area contributed by atoms with E-state index in [-0.39, 0.29) is 19.3 Å². The molecular formula is C18H34F2N2O3. The van der Waals surface area contributed by atoms with Crippen molar-refractivity contribution in [2.45, 2.75) is 83.5 Å². The Morgan fingerprint density at radius 3 is 1.96 bits per heavy atom. The maximum absolute atomic E-state index is 14.9. The largest absolute Gasteiger partial charge is 0.380 e. The second-order valence-electron chi connectivity index (χ2n) is 6.75. The maximum atomic E-state index is 14.9. The first-order valence-electron chi connectivity index (χ1n) is 9.32. The average molecular weight is 364 g/mol. The molecule has 7 heteroatoms. The molecule has 148 valence electrons. The van der Waals surface area contributed by atoms with E-state index in [9.17, 15) is 13.6 Å². The number of methoxy groups -OCH3 is 2. The Balaban J connectivity index is 3.40. The lowest BCUT2D eigenvalue weighted by atomic mass is 9.79. The molecular weight excluding hydrogens is 330 g/mol. The minimum absolute atomic E-state index is 0.213. The zero-order chi connectivity index (χ0) is 19.0. The highest BCUT2D eigenvalue weighted by molar-refractivity contribution is 5.79. The first-order valence-corrected chi connectivity index (χ1v) is 9.32. The number of ether oxygens (including phenoxy) is 2. The van der Waals surface area contributed by atoms with Crippen LogP contribution in [-0.2, 0) is 9.47 Å². The molecule has 1 aliphatic heterocycles. The van der Waals surface area contributed by atoms with Crippen LogP contribution in [-0.4, -0.2) is 67.4 Å². The van der Waals surface area contributed by atoms with E-state index >= 15 is 0 Å².